The van der Waals surface area contributed by atoms with Gasteiger partial charge in [-0.3, -0.25) is 9.78 Å². The van der Waals surface area contributed by atoms with Crippen LogP contribution in [0.2, 0.25) is 0 Å². The first-order valence-electron chi connectivity index (χ1n) is 8.50. The average molecular weight is 326 g/mol. The van der Waals surface area contributed by atoms with Gasteiger partial charge in [-0.25, -0.2) is 4.39 Å². The van der Waals surface area contributed by atoms with Gasteiger partial charge in [0.15, 0.2) is 0 Å². The van der Waals surface area contributed by atoms with Crippen molar-refractivity contribution in [3.05, 3.63) is 53.6 Å². The topological polar surface area (TPSA) is 33.2 Å². The van der Waals surface area contributed by atoms with Gasteiger partial charge < -0.3 is 4.90 Å². The molecule has 1 amide bonds. The molecule has 1 saturated heterocycles. The van der Waals surface area contributed by atoms with Crippen molar-refractivity contribution in [2.24, 2.45) is 5.92 Å². The molecule has 0 N–H and O–H groups in total. The van der Waals surface area contributed by atoms with Crippen molar-refractivity contribution in [3.63, 3.8) is 0 Å². The molecule has 1 aromatic heterocycles. The molecule has 0 saturated carbocycles. The minimum absolute atomic E-state index is 0.00743. The highest BCUT2D eigenvalue weighted by atomic mass is 19.1. The molecule has 1 fully saturated rings. The molecule has 1 aliphatic heterocycles. The first-order chi connectivity index (χ1) is 11.5. The maximum atomic E-state index is 13.2. The SMILES string of the molecule is Cc1cc(-c2ccc(F)cc2)cc([C@@H]2CCCN2C(=O)C(C)C)n1. The maximum Gasteiger partial charge on any atom is 0.225 e. The van der Waals surface area contributed by atoms with Gasteiger partial charge in [0.25, 0.3) is 0 Å². The summed E-state index contributed by atoms with van der Waals surface area (Å²) in [6.07, 6.45) is 1.95. The van der Waals surface area contributed by atoms with Crippen LogP contribution in [0.1, 0.15) is 44.1 Å². The predicted octanol–water partition coefficient (Wildman–Crippen LogP) is 4.52. The fourth-order valence-corrected chi connectivity index (χ4v) is 3.34. The van der Waals surface area contributed by atoms with Crippen molar-refractivity contribution >= 4 is 5.91 Å². The number of benzene rings is 1. The van der Waals surface area contributed by atoms with Crippen LogP contribution in [0, 0.1) is 18.7 Å². The van der Waals surface area contributed by atoms with Crippen LogP contribution < -0.4 is 0 Å². The molecule has 1 aliphatic rings. The van der Waals surface area contributed by atoms with E-state index in [0.717, 1.165) is 41.9 Å². The Morgan fingerprint density at radius 3 is 2.58 bits per heavy atom. The third-order valence-corrected chi connectivity index (χ3v) is 4.52. The molecule has 0 aliphatic carbocycles. The van der Waals surface area contributed by atoms with E-state index in [0.29, 0.717) is 0 Å². The Hall–Kier alpha value is -2.23. The highest BCUT2D eigenvalue weighted by Gasteiger charge is 2.32. The summed E-state index contributed by atoms with van der Waals surface area (Å²) in [4.78, 5) is 19.1. The molecule has 3 rings (SSSR count). The summed E-state index contributed by atoms with van der Waals surface area (Å²) in [5, 5.41) is 0. The number of carbonyl (C=O) groups excluding carboxylic acids is 1. The lowest BCUT2D eigenvalue weighted by Gasteiger charge is -2.26. The summed E-state index contributed by atoms with van der Waals surface area (Å²) in [6, 6.07) is 10.6. The molecular weight excluding hydrogens is 303 g/mol. The first kappa shape index (κ1) is 16.6. The van der Waals surface area contributed by atoms with Gasteiger partial charge in [-0.15, -0.1) is 0 Å². The van der Waals surface area contributed by atoms with Crippen LogP contribution in [0.25, 0.3) is 11.1 Å². The number of pyridine rings is 1. The molecule has 4 heteroatoms. The lowest BCUT2D eigenvalue weighted by atomic mass is 10.0. The molecule has 1 aromatic carbocycles. The highest BCUT2D eigenvalue weighted by Crippen LogP contribution is 2.34. The summed E-state index contributed by atoms with van der Waals surface area (Å²) in [7, 11) is 0. The van der Waals surface area contributed by atoms with E-state index in [1.54, 1.807) is 12.1 Å². The van der Waals surface area contributed by atoms with Gasteiger partial charge in [-0.2, -0.15) is 0 Å². The zero-order chi connectivity index (χ0) is 17.3. The van der Waals surface area contributed by atoms with E-state index < -0.39 is 0 Å². The minimum atomic E-state index is -0.241. The van der Waals surface area contributed by atoms with Crippen molar-refractivity contribution in [2.75, 3.05) is 6.54 Å². The van der Waals surface area contributed by atoms with Crippen molar-refractivity contribution in [3.8, 4) is 11.1 Å². The van der Waals surface area contributed by atoms with E-state index >= 15 is 0 Å². The lowest BCUT2D eigenvalue weighted by Crippen LogP contribution is -2.34. The van der Waals surface area contributed by atoms with Gasteiger partial charge in [0.2, 0.25) is 5.91 Å². The van der Waals surface area contributed by atoms with Gasteiger partial charge in [-0.05, 0) is 55.2 Å². The number of hydrogen-bond donors (Lipinski definition) is 0. The standard InChI is InChI=1S/C20H23FN2O/c1-13(2)20(24)23-10-4-5-19(23)18-12-16(11-14(3)22-18)15-6-8-17(21)9-7-15/h6-9,11-13,19H,4-5,10H2,1-3H3/t19-/m0/s1. The van der Waals surface area contributed by atoms with Gasteiger partial charge in [0.05, 0.1) is 11.7 Å². The Bertz CT molecular complexity index is 740. The molecular formula is C20H23FN2O. The third-order valence-electron chi connectivity index (χ3n) is 4.52. The summed E-state index contributed by atoms with van der Waals surface area (Å²) in [5.41, 5.74) is 3.82. The molecule has 24 heavy (non-hydrogen) atoms. The number of hydrogen-bond acceptors (Lipinski definition) is 2. The van der Waals surface area contributed by atoms with Gasteiger partial charge in [-0.1, -0.05) is 26.0 Å². The second-order valence-electron chi connectivity index (χ2n) is 6.77. The van der Waals surface area contributed by atoms with E-state index in [1.165, 1.54) is 12.1 Å². The molecule has 0 spiro atoms. The zero-order valence-electron chi connectivity index (χ0n) is 14.4. The van der Waals surface area contributed by atoms with Crippen molar-refractivity contribution in [2.45, 2.75) is 39.7 Å². The molecule has 2 heterocycles. The van der Waals surface area contributed by atoms with Crippen LogP contribution >= 0.6 is 0 Å². The lowest BCUT2D eigenvalue weighted by molar-refractivity contribution is -0.135. The molecule has 2 aromatic rings. The Kier molecular flexibility index (Phi) is 4.65. The number of aromatic nitrogens is 1. The summed E-state index contributed by atoms with van der Waals surface area (Å²) < 4.78 is 13.2. The largest absolute Gasteiger partial charge is 0.334 e. The molecule has 0 radical (unpaired) electrons. The van der Waals surface area contributed by atoms with Crippen LogP contribution in [-0.4, -0.2) is 22.3 Å². The fraction of sp³-hybridized carbons (Fsp3) is 0.400. The first-order valence-corrected chi connectivity index (χ1v) is 8.50. The van der Waals surface area contributed by atoms with Crippen LogP contribution in [-0.2, 0) is 4.79 Å². The number of halogens is 1. The number of aryl methyl sites for hydroxylation is 1. The quantitative estimate of drug-likeness (QED) is 0.831. The second-order valence-corrected chi connectivity index (χ2v) is 6.77. The normalized spacial score (nSPS) is 17.5. The zero-order valence-corrected chi connectivity index (χ0v) is 14.4. The molecule has 0 bridgehead atoms. The van der Waals surface area contributed by atoms with Gasteiger partial charge in [0.1, 0.15) is 5.82 Å². The van der Waals surface area contributed by atoms with Gasteiger partial charge >= 0.3 is 0 Å². The Morgan fingerprint density at radius 2 is 1.92 bits per heavy atom. The van der Waals surface area contributed by atoms with Crippen LogP contribution in [0.15, 0.2) is 36.4 Å². The maximum absolute atomic E-state index is 13.2. The summed E-state index contributed by atoms with van der Waals surface area (Å²) in [6.45, 7) is 6.62. The molecule has 1 atom stereocenters. The van der Waals surface area contributed by atoms with Crippen molar-refractivity contribution in [1.82, 2.24) is 9.88 Å². The Morgan fingerprint density at radius 1 is 1.21 bits per heavy atom. The van der Waals surface area contributed by atoms with E-state index in [1.807, 2.05) is 37.8 Å². The monoisotopic (exact) mass is 326 g/mol. The van der Waals surface area contributed by atoms with Crippen LogP contribution in [0.5, 0.6) is 0 Å². The third kappa shape index (κ3) is 3.32. The number of amides is 1. The highest BCUT2D eigenvalue weighted by molar-refractivity contribution is 5.79. The number of likely N-dealkylation sites (tertiary alicyclic amines) is 1. The van der Waals surface area contributed by atoms with Crippen LogP contribution in [0.4, 0.5) is 4.39 Å². The van der Waals surface area contributed by atoms with E-state index in [-0.39, 0.29) is 23.7 Å². The molecule has 3 nitrogen and oxygen atoms in total. The second kappa shape index (κ2) is 6.71. The number of rotatable bonds is 3. The number of nitrogens with zero attached hydrogens (tertiary/aromatic N) is 2. The van der Waals surface area contributed by atoms with Crippen LogP contribution in [0.3, 0.4) is 0 Å². The number of carbonyl (C=O) groups is 1. The smallest absolute Gasteiger partial charge is 0.225 e. The van der Waals surface area contributed by atoms with Crippen molar-refractivity contribution in [1.29, 1.82) is 0 Å². The molecule has 0 unspecified atom stereocenters. The predicted molar refractivity (Wildman–Crippen MR) is 92.9 cm³/mol. The van der Waals surface area contributed by atoms with Crippen molar-refractivity contribution < 1.29 is 9.18 Å². The van der Waals surface area contributed by atoms with E-state index in [9.17, 15) is 9.18 Å². The fourth-order valence-electron chi connectivity index (χ4n) is 3.34. The van der Waals surface area contributed by atoms with Gasteiger partial charge in [0, 0.05) is 18.2 Å². The molecule has 126 valence electrons. The summed E-state index contributed by atoms with van der Waals surface area (Å²) >= 11 is 0. The summed E-state index contributed by atoms with van der Waals surface area (Å²) in [5.74, 6) is -0.0645. The Labute approximate surface area is 142 Å². The Balaban J connectivity index is 1.96. The van der Waals surface area contributed by atoms with E-state index in [4.69, 9.17) is 0 Å². The average Bonchev–Trinajstić information content (AvgIpc) is 3.03. The minimum Gasteiger partial charge on any atom is -0.334 e. The van der Waals surface area contributed by atoms with E-state index in [2.05, 4.69) is 4.98 Å².